The summed E-state index contributed by atoms with van der Waals surface area (Å²) in [6, 6.07) is 9.28. The van der Waals surface area contributed by atoms with Crippen molar-refractivity contribution in [3.05, 3.63) is 58.5 Å². The van der Waals surface area contributed by atoms with Gasteiger partial charge < -0.3 is 50.0 Å². The number of esters is 1. The molecule has 53 heavy (non-hydrogen) atoms. The molecule has 1 saturated heterocycles. The number of nitrogens with one attached hydrogen (secondary N) is 3. The van der Waals surface area contributed by atoms with Gasteiger partial charge in [-0.3, -0.25) is 14.4 Å². The Hall–Kier alpha value is -4.84. The van der Waals surface area contributed by atoms with Crippen LogP contribution in [0.1, 0.15) is 53.3 Å². The maximum absolute atomic E-state index is 13.5. The van der Waals surface area contributed by atoms with Crippen LogP contribution in [-0.2, 0) is 34.8 Å². The molecule has 4 heterocycles. The van der Waals surface area contributed by atoms with E-state index in [2.05, 4.69) is 25.9 Å². The van der Waals surface area contributed by atoms with Gasteiger partial charge in [-0.2, -0.15) is 4.98 Å². The fraction of sp³-hybridized carbons (Fsp3) is 0.500. The second-order valence-electron chi connectivity index (χ2n) is 15.0. The fourth-order valence-electron chi connectivity index (χ4n) is 6.41. The molecule has 285 valence electrons. The van der Waals surface area contributed by atoms with Crippen molar-refractivity contribution in [2.75, 3.05) is 17.6 Å². The van der Waals surface area contributed by atoms with Crippen LogP contribution in [0, 0.1) is 11.3 Å². The molecular weight excluding hydrogens is 703 g/mol. The highest BCUT2D eigenvalue weighted by molar-refractivity contribution is 6.48. The summed E-state index contributed by atoms with van der Waals surface area (Å²) in [5.74, 6) is -1.29. The van der Waals surface area contributed by atoms with E-state index in [1.165, 1.54) is 19.3 Å². The van der Waals surface area contributed by atoms with Gasteiger partial charge in [-0.05, 0) is 36.9 Å². The highest BCUT2D eigenvalue weighted by Gasteiger charge is 2.60. The van der Waals surface area contributed by atoms with Crippen molar-refractivity contribution in [3.63, 3.8) is 0 Å². The summed E-state index contributed by atoms with van der Waals surface area (Å²) in [5, 5.41) is 21.2. The number of rotatable bonds is 12. The van der Waals surface area contributed by atoms with Gasteiger partial charge in [0.05, 0.1) is 17.8 Å². The van der Waals surface area contributed by atoms with E-state index in [0.717, 1.165) is 5.56 Å². The minimum atomic E-state index is -1.89. The van der Waals surface area contributed by atoms with Crippen molar-refractivity contribution in [1.82, 2.24) is 20.2 Å². The fourth-order valence-corrected chi connectivity index (χ4v) is 7.40. The molecule has 17 heteroatoms. The lowest BCUT2D eigenvalue weighted by Gasteiger charge is -2.39. The van der Waals surface area contributed by atoms with Gasteiger partial charge in [0.1, 0.15) is 42.5 Å². The van der Waals surface area contributed by atoms with Crippen LogP contribution in [0.25, 0.3) is 10.8 Å². The van der Waals surface area contributed by atoms with Crippen molar-refractivity contribution in [3.8, 4) is 0 Å². The average Bonchev–Trinajstić information content (AvgIpc) is 3.54. The normalized spacial score (nSPS) is 22.0. The number of nitrogens with two attached hydrogens (primary N) is 1. The molecule has 2 aliphatic heterocycles. The Kier molecular flexibility index (Phi) is 11.6. The molecule has 1 radical (unpaired) electrons. The topological polar surface area (TPSA) is 218 Å². The molecule has 1 fully saturated rings. The van der Waals surface area contributed by atoms with Crippen LogP contribution in [0.3, 0.4) is 0 Å². The number of hydrogen-bond acceptors (Lipinski definition) is 13. The predicted molar refractivity (Wildman–Crippen MR) is 200 cm³/mol. The number of amides is 2. The van der Waals surface area contributed by atoms with Crippen molar-refractivity contribution < 1.29 is 38.1 Å². The standard InChI is InChI=1S/C36H48N7O9Si/c1-19(2)26(42-34(47)49-17-20-12-10-9-11-13-20)32(46)38-15-24(45)50-29-27(28(35(3,4)5)52-53(7)8)51-33(36(29,6)48)43-16-21-22(37)14-23(44)41-30-25(21)31(43)40-18-39-30/h9-14,16,18-19,26-29,33,48H,15,17,37H2,1-8H3,(H,38,46)(H,42,47)(H,39,40,41,44). The molecule has 6 N–H and O–H groups in total. The second-order valence-corrected chi connectivity index (χ2v) is 17.0. The molecule has 0 aliphatic carbocycles. The van der Waals surface area contributed by atoms with Crippen molar-refractivity contribution in [2.24, 2.45) is 16.3 Å². The average molecular weight is 751 g/mol. The zero-order chi connectivity index (χ0) is 38.8. The van der Waals surface area contributed by atoms with E-state index >= 15 is 0 Å². The lowest BCUT2D eigenvalue weighted by Crippen LogP contribution is -2.54. The molecule has 0 bridgehead atoms. The zero-order valence-corrected chi connectivity index (χ0v) is 32.1. The number of nitrogen functional groups attached to an aromatic ring is 1. The number of ether oxygens (including phenoxy) is 3. The van der Waals surface area contributed by atoms with Crippen LogP contribution in [0.4, 0.5) is 22.1 Å². The van der Waals surface area contributed by atoms with E-state index in [4.69, 9.17) is 24.4 Å². The number of aliphatic hydroxyl groups is 1. The molecule has 16 nitrogen and oxygen atoms in total. The lowest BCUT2D eigenvalue weighted by atomic mass is 9.82. The second kappa shape index (κ2) is 15.6. The smallest absolute Gasteiger partial charge is 0.408 e. The van der Waals surface area contributed by atoms with Gasteiger partial charge in [0, 0.05) is 23.3 Å². The summed E-state index contributed by atoms with van der Waals surface area (Å²) >= 11 is 0. The summed E-state index contributed by atoms with van der Waals surface area (Å²) in [6.45, 7) is 14.2. The van der Waals surface area contributed by atoms with Crippen molar-refractivity contribution >= 4 is 61.4 Å². The number of anilines is 2. The first-order valence-electron chi connectivity index (χ1n) is 17.3. The summed E-state index contributed by atoms with van der Waals surface area (Å²) in [7, 11) is -1.33. The van der Waals surface area contributed by atoms with Crippen molar-refractivity contribution in [2.45, 2.75) is 97.4 Å². The van der Waals surface area contributed by atoms with E-state index in [1.54, 1.807) is 36.7 Å². The first-order valence-corrected chi connectivity index (χ1v) is 19.7. The van der Waals surface area contributed by atoms with E-state index in [0.29, 0.717) is 16.6 Å². The number of alkyl carbamates (subject to hydrolysis) is 1. The van der Waals surface area contributed by atoms with Crippen LogP contribution in [0.5, 0.6) is 0 Å². The molecule has 5 rings (SSSR count). The first-order chi connectivity index (χ1) is 24.9. The number of aromatic nitrogens is 2. The summed E-state index contributed by atoms with van der Waals surface area (Å²) in [4.78, 5) is 60.2. The van der Waals surface area contributed by atoms with E-state index < -0.39 is 80.7 Å². The Balaban J connectivity index is 1.39. The van der Waals surface area contributed by atoms with Gasteiger partial charge in [-0.1, -0.05) is 65.0 Å². The van der Waals surface area contributed by atoms with Gasteiger partial charge in [0.25, 0.3) is 5.56 Å². The Bertz CT molecular complexity index is 1930. The number of carbonyl (C=O) groups is 3. The van der Waals surface area contributed by atoms with Crippen LogP contribution >= 0.6 is 0 Å². The Morgan fingerprint density at radius 3 is 2.53 bits per heavy atom. The summed E-state index contributed by atoms with van der Waals surface area (Å²) in [6.07, 6.45) is -1.93. The van der Waals surface area contributed by atoms with E-state index in [1.807, 2.05) is 52.1 Å². The predicted octanol–water partition coefficient (Wildman–Crippen LogP) is 3.37. The quantitative estimate of drug-likeness (QED) is 0.133. The molecule has 6 atom stereocenters. The maximum atomic E-state index is 13.5. The summed E-state index contributed by atoms with van der Waals surface area (Å²) < 4.78 is 26.0. The molecule has 0 spiro atoms. The third-order valence-electron chi connectivity index (χ3n) is 8.97. The first kappa shape index (κ1) is 39.4. The molecule has 6 unspecified atom stereocenters. The third-order valence-corrected chi connectivity index (χ3v) is 9.70. The van der Waals surface area contributed by atoms with Crippen LogP contribution in [-0.4, -0.2) is 84.5 Å². The Morgan fingerprint density at radius 2 is 1.89 bits per heavy atom. The molecule has 1 aromatic carbocycles. The van der Waals surface area contributed by atoms with Crippen LogP contribution in [0.15, 0.2) is 52.4 Å². The highest BCUT2D eigenvalue weighted by atomic mass is 28.3. The van der Waals surface area contributed by atoms with E-state index in [-0.39, 0.29) is 24.0 Å². The van der Waals surface area contributed by atoms with Gasteiger partial charge in [-0.25, -0.2) is 9.79 Å². The molecule has 2 amide bonds. The zero-order valence-electron chi connectivity index (χ0n) is 31.1. The summed E-state index contributed by atoms with van der Waals surface area (Å²) in [5.41, 5.74) is 4.24. The number of hydrogen-bond donors (Lipinski definition) is 5. The largest absolute Gasteiger partial charge is 0.455 e. The van der Waals surface area contributed by atoms with Gasteiger partial charge in [0.2, 0.25) is 14.9 Å². The molecular formula is C36H48N7O9Si. The minimum Gasteiger partial charge on any atom is -0.455 e. The lowest BCUT2D eigenvalue weighted by molar-refractivity contribution is -0.167. The number of benzene rings is 1. The van der Waals surface area contributed by atoms with Gasteiger partial charge in [-0.15, -0.1) is 0 Å². The molecule has 0 saturated carbocycles. The van der Waals surface area contributed by atoms with Crippen molar-refractivity contribution in [1.29, 1.82) is 0 Å². The third kappa shape index (κ3) is 8.70. The molecule has 2 aromatic heterocycles. The molecule has 2 aliphatic rings. The number of aliphatic imine (C=N–C) groups is 1. The van der Waals surface area contributed by atoms with Crippen LogP contribution in [0.2, 0.25) is 13.1 Å². The van der Waals surface area contributed by atoms with Gasteiger partial charge in [0.15, 0.2) is 12.3 Å². The Morgan fingerprint density at radius 1 is 1.19 bits per heavy atom. The highest BCUT2D eigenvalue weighted by Crippen LogP contribution is 2.49. The SMILES string of the molecule is CC(C)C(NC(=O)OCc1ccccc1)C(=O)NCC(=O)OC1C(C(O[Si](C)C)C(C)(C)C)OC(n2cc3c(N)cc(=O)nc4c3c2N=CN4)C1(C)O. The Labute approximate surface area is 309 Å². The van der Waals surface area contributed by atoms with Crippen LogP contribution < -0.4 is 27.2 Å². The monoisotopic (exact) mass is 750 g/mol. The molecule has 3 aromatic rings. The number of carbonyl (C=O) groups excluding carboxylic acids is 3. The van der Waals surface area contributed by atoms with Gasteiger partial charge >= 0.3 is 12.1 Å². The maximum Gasteiger partial charge on any atom is 0.408 e. The number of nitrogens with zero attached hydrogens (tertiary/aromatic N) is 3. The van der Waals surface area contributed by atoms with E-state index in [9.17, 15) is 24.3 Å². The minimum absolute atomic E-state index is 0.0176.